The van der Waals surface area contributed by atoms with Gasteiger partial charge in [0.2, 0.25) is 10.0 Å². The fourth-order valence-corrected chi connectivity index (χ4v) is 5.02. The van der Waals surface area contributed by atoms with Crippen LogP contribution in [0.15, 0.2) is 23.1 Å². The van der Waals surface area contributed by atoms with E-state index in [1.165, 1.54) is 11.1 Å². The van der Waals surface area contributed by atoms with E-state index in [1.807, 2.05) is 19.1 Å². The second-order valence-corrected chi connectivity index (χ2v) is 7.64. The van der Waals surface area contributed by atoms with Gasteiger partial charge in [0.15, 0.2) is 0 Å². The van der Waals surface area contributed by atoms with Gasteiger partial charge < -0.3 is 0 Å². The molecule has 4 heteroatoms. The quantitative estimate of drug-likeness (QED) is 0.835. The second-order valence-electron chi connectivity index (χ2n) is 5.74. The van der Waals surface area contributed by atoms with Crippen LogP contribution in [0.1, 0.15) is 43.7 Å². The Morgan fingerprint density at radius 2 is 1.89 bits per heavy atom. The molecule has 1 fully saturated rings. The predicted molar refractivity (Wildman–Crippen MR) is 75.7 cm³/mol. The van der Waals surface area contributed by atoms with Gasteiger partial charge in [0.05, 0.1) is 4.90 Å². The van der Waals surface area contributed by atoms with E-state index in [0.717, 1.165) is 38.5 Å². The lowest BCUT2D eigenvalue weighted by molar-refractivity contribution is 0.268. The van der Waals surface area contributed by atoms with E-state index in [9.17, 15) is 8.42 Å². The largest absolute Gasteiger partial charge is 0.243 e. The third-order valence-corrected chi connectivity index (χ3v) is 6.43. The second kappa shape index (κ2) is 4.91. The number of piperidine rings is 1. The Kier molecular flexibility index (Phi) is 3.39. The molecule has 1 heterocycles. The zero-order valence-electron chi connectivity index (χ0n) is 11.4. The Hall–Kier alpha value is -0.870. The maximum absolute atomic E-state index is 12.7. The highest BCUT2D eigenvalue weighted by atomic mass is 32.2. The van der Waals surface area contributed by atoms with Crippen LogP contribution in [0.3, 0.4) is 0 Å². The van der Waals surface area contributed by atoms with Crippen LogP contribution in [0.5, 0.6) is 0 Å². The van der Waals surface area contributed by atoms with Crippen molar-refractivity contribution >= 4 is 10.0 Å². The van der Waals surface area contributed by atoms with Crippen LogP contribution in [0, 0.1) is 0 Å². The van der Waals surface area contributed by atoms with Crippen molar-refractivity contribution in [3.05, 3.63) is 29.3 Å². The molecule has 0 radical (unpaired) electrons. The molecule has 2 aliphatic rings. The minimum absolute atomic E-state index is 0.131. The smallest absolute Gasteiger partial charge is 0.207 e. The summed E-state index contributed by atoms with van der Waals surface area (Å²) >= 11 is 0. The van der Waals surface area contributed by atoms with Gasteiger partial charge in [-0.2, -0.15) is 4.31 Å². The summed E-state index contributed by atoms with van der Waals surface area (Å²) in [6, 6.07) is 5.83. The summed E-state index contributed by atoms with van der Waals surface area (Å²) in [5.74, 6) is 0. The fourth-order valence-electron chi connectivity index (χ4n) is 3.27. The number of sulfonamides is 1. The zero-order valence-corrected chi connectivity index (χ0v) is 12.2. The molecule has 1 aliphatic carbocycles. The molecule has 0 aromatic heterocycles. The Morgan fingerprint density at radius 3 is 2.68 bits per heavy atom. The van der Waals surface area contributed by atoms with E-state index in [1.54, 1.807) is 10.4 Å². The Bertz CT molecular complexity index is 580. The van der Waals surface area contributed by atoms with Crippen LogP contribution in [0.25, 0.3) is 0 Å². The van der Waals surface area contributed by atoms with Crippen molar-refractivity contribution in [2.75, 3.05) is 6.54 Å². The number of hydrogen-bond acceptors (Lipinski definition) is 2. The number of rotatable bonds is 2. The minimum Gasteiger partial charge on any atom is -0.207 e. The number of hydrogen-bond donors (Lipinski definition) is 0. The van der Waals surface area contributed by atoms with Gasteiger partial charge in [0.25, 0.3) is 0 Å². The Balaban J connectivity index is 1.95. The SMILES string of the molecule is C[C@@H]1CCCCN1S(=O)(=O)c1ccc2c(c1)CCC2. The predicted octanol–water partition coefficient (Wildman–Crippen LogP) is 2.74. The molecular weight excluding hydrogens is 258 g/mol. The molecule has 1 aromatic rings. The lowest BCUT2D eigenvalue weighted by atomic mass is 10.1. The zero-order chi connectivity index (χ0) is 13.5. The summed E-state index contributed by atoms with van der Waals surface area (Å²) in [6.07, 6.45) is 6.36. The molecule has 0 saturated carbocycles. The van der Waals surface area contributed by atoms with Crippen molar-refractivity contribution < 1.29 is 8.42 Å². The minimum atomic E-state index is -3.30. The average Bonchev–Trinajstić information content (AvgIpc) is 2.86. The van der Waals surface area contributed by atoms with E-state index >= 15 is 0 Å². The Labute approximate surface area is 115 Å². The third kappa shape index (κ3) is 2.32. The van der Waals surface area contributed by atoms with Crippen molar-refractivity contribution in [3.63, 3.8) is 0 Å². The monoisotopic (exact) mass is 279 g/mol. The summed E-state index contributed by atoms with van der Waals surface area (Å²) in [6.45, 7) is 2.69. The van der Waals surface area contributed by atoms with Gasteiger partial charge in [-0.3, -0.25) is 0 Å². The topological polar surface area (TPSA) is 37.4 Å². The number of aryl methyl sites for hydroxylation is 2. The highest BCUT2D eigenvalue weighted by Crippen LogP contribution is 2.29. The van der Waals surface area contributed by atoms with Crippen LogP contribution >= 0.6 is 0 Å². The molecule has 104 valence electrons. The van der Waals surface area contributed by atoms with Crippen LogP contribution in [-0.2, 0) is 22.9 Å². The molecule has 1 aromatic carbocycles. The van der Waals surface area contributed by atoms with E-state index in [4.69, 9.17) is 0 Å². The summed E-state index contributed by atoms with van der Waals surface area (Å²) in [5, 5.41) is 0. The summed E-state index contributed by atoms with van der Waals surface area (Å²) in [4.78, 5) is 0.488. The molecule has 1 atom stereocenters. The van der Waals surface area contributed by atoms with Crippen LogP contribution in [-0.4, -0.2) is 25.3 Å². The fraction of sp³-hybridized carbons (Fsp3) is 0.600. The molecule has 0 spiro atoms. The first kappa shape index (κ1) is 13.1. The first-order chi connectivity index (χ1) is 9.09. The Morgan fingerprint density at radius 1 is 1.11 bits per heavy atom. The van der Waals surface area contributed by atoms with E-state index in [0.29, 0.717) is 11.4 Å². The highest BCUT2D eigenvalue weighted by Gasteiger charge is 2.31. The molecule has 1 saturated heterocycles. The third-order valence-electron chi connectivity index (χ3n) is 4.42. The number of nitrogens with zero attached hydrogens (tertiary/aromatic N) is 1. The van der Waals surface area contributed by atoms with Gasteiger partial charge in [0, 0.05) is 12.6 Å². The normalized spacial score (nSPS) is 24.4. The number of benzene rings is 1. The molecule has 0 amide bonds. The van der Waals surface area contributed by atoms with Crippen molar-refractivity contribution in [3.8, 4) is 0 Å². The van der Waals surface area contributed by atoms with Crippen molar-refractivity contribution in [1.29, 1.82) is 0 Å². The van der Waals surface area contributed by atoms with Crippen molar-refractivity contribution in [2.45, 2.75) is 56.4 Å². The van der Waals surface area contributed by atoms with E-state index < -0.39 is 10.0 Å². The van der Waals surface area contributed by atoms with Crippen molar-refractivity contribution in [2.24, 2.45) is 0 Å². The van der Waals surface area contributed by atoms with Crippen LogP contribution in [0.2, 0.25) is 0 Å². The summed E-state index contributed by atoms with van der Waals surface area (Å²) < 4.78 is 27.1. The van der Waals surface area contributed by atoms with Gasteiger partial charge >= 0.3 is 0 Å². The van der Waals surface area contributed by atoms with E-state index in [-0.39, 0.29) is 6.04 Å². The lowest BCUT2D eigenvalue weighted by Crippen LogP contribution is -2.41. The summed E-state index contributed by atoms with van der Waals surface area (Å²) in [5.41, 5.74) is 2.55. The first-order valence-corrected chi connectivity index (χ1v) is 8.67. The lowest BCUT2D eigenvalue weighted by Gasteiger charge is -2.32. The molecule has 1 aliphatic heterocycles. The average molecular weight is 279 g/mol. The standard InChI is InChI=1S/C15H21NO2S/c1-12-5-2-3-10-16(12)19(17,18)15-9-8-13-6-4-7-14(13)11-15/h8-9,11-12H,2-7,10H2,1H3/t12-/m1/s1. The first-order valence-electron chi connectivity index (χ1n) is 7.23. The van der Waals surface area contributed by atoms with Gasteiger partial charge in [-0.25, -0.2) is 8.42 Å². The van der Waals surface area contributed by atoms with Gasteiger partial charge in [-0.15, -0.1) is 0 Å². The molecule has 0 unspecified atom stereocenters. The van der Waals surface area contributed by atoms with Crippen LogP contribution < -0.4 is 0 Å². The van der Waals surface area contributed by atoms with Crippen molar-refractivity contribution in [1.82, 2.24) is 4.31 Å². The molecule has 3 rings (SSSR count). The number of fused-ring (bicyclic) bond motifs is 1. The highest BCUT2D eigenvalue weighted by molar-refractivity contribution is 7.89. The van der Waals surface area contributed by atoms with Gasteiger partial charge in [-0.05, 0) is 62.3 Å². The molecule has 0 N–H and O–H groups in total. The molecule has 3 nitrogen and oxygen atoms in total. The summed E-state index contributed by atoms with van der Waals surface area (Å²) in [7, 11) is -3.30. The maximum atomic E-state index is 12.7. The van der Waals surface area contributed by atoms with Crippen LogP contribution in [0.4, 0.5) is 0 Å². The molecule has 19 heavy (non-hydrogen) atoms. The molecular formula is C15H21NO2S. The molecule has 0 bridgehead atoms. The van der Waals surface area contributed by atoms with Gasteiger partial charge in [0.1, 0.15) is 0 Å². The van der Waals surface area contributed by atoms with E-state index in [2.05, 4.69) is 0 Å². The maximum Gasteiger partial charge on any atom is 0.243 e. The van der Waals surface area contributed by atoms with Gasteiger partial charge in [-0.1, -0.05) is 12.5 Å².